The van der Waals surface area contributed by atoms with Crippen molar-refractivity contribution in [3.8, 4) is 0 Å². The van der Waals surface area contributed by atoms with Gasteiger partial charge < -0.3 is 10.6 Å². The summed E-state index contributed by atoms with van der Waals surface area (Å²) in [6.07, 6.45) is 1.56. The Hall–Kier alpha value is -1.95. The number of piperidine rings is 1. The summed E-state index contributed by atoms with van der Waals surface area (Å²) in [6.45, 7) is 1.23. The van der Waals surface area contributed by atoms with Crippen LogP contribution in [0.4, 0.5) is 5.69 Å². The van der Waals surface area contributed by atoms with E-state index in [1.165, 1.54) is 18.2 Å². The zero-order valence-corrected chi connectivity index (χ0v) is 9.91. The zero-order chi connectivity index (χ0) is 13.1. The molecule has 1 aromatic carbocycles. The number of rotatable bonds is 2. The number of amides is 1. The van der Waals surface area contributed by atoms with Crippen molar-refractivity contribution in [3.05, 3.63) is 39.9 Å². The standard InChI is InChI=1S/C12H15N3O3/c13-10-4-6-14(7-5-10)12(16)9-2-1-3-11(8-9)15(17)18/h1-3,8,10H,4-7,13H2. The summed E-state index contributed by atoms with van der Waals surface area (Å²) in [7, 11) is 0. The van der Waals surface area contributed by atoms with Gasteiger partial charge in [0.25, 0.3) is 11.6 Å². The van der Waals surface area contributed by atoms with Gasteiger partial charge in [0.05, 0.1) is 4.92 Å². The number of carbonyl (C=O) groups is 1. The maximum atomic E-state index is 12.1. The molecule has 6 nitrogen and oxygen atoms in total. The summed E-state index contributed by atoms with van der Waals surface area (Å²) >= 11 is 0. The Morgan fingerprint density at radius 2 is 2.06 bits per heavy atom. The van der Waals surface area contributed by atoms with Crippen molar-refractivity contribution in [2.75, 3.05) is 13.1 Å². The van der Waals surface area contributed by atoms with Crippen molar-refractivity contribution >= 4 is 11.6 Å². The third kappa shape index (κ3) is 2.65. The molecule has 0 saturated carbocycles. The summed E-state index contributed by atoms with van der Waals surface area (Å²) in [6, 6.07) is 5.98. The van der Waals surface area contributed by atoms with Crippen LogP contribution >= 0.6 is 0 Å². The molecule has 1 heterocycles. The number of nitrogens with zero attached hydrogens (tertiary/aromatic N) is 2. The first-order chi connectivity index (χ1) is 8.58. The molecule has 0 radical (unpaired) electrons. The Morgan fingerprint density at radius 1 is 1.39 bits per heavy atom. The van der Waals surface area contributed by atoms with E-state index >= 15 is 0 Å². The highest BCUT2D eigenvalue weighted by Gasteiger charge is 2.22. The lowest BCUT2D eigenvalue weighted by molar-refractivity contribution is -0.384. The van der Waals surface area contributed by atoms with Crippen LogP contribution in [0.2, 0.25) is 0 Å². The summed E-state index contributed by atoms with van der Waals surface area (Å²) in [4.78, 5) is 24.0. The maximum Gasteiger partial charge on any atom is 0.270 e. The topological polar surface area (TPSA) is 89.5 Å². The summed E-state index contributed by atoms with van der Waals surface area (Å²) < 4.78 is 0. The van der Waals surface area contributed by atoms with Crippen molar-refractivity contribution < 1.29 is 9.72 Å². The van der Waals surface area contributed by atoms with Crippen LogP contribution in [0.15, 0.2) is 24.3 Å². The average Bonchev–Trinajstić information content (AvgIpc) is 2.39. The van der Waals surface area contributed by atoms with Gasteiger partial charge in [0.15, 0.2) is 0 Å². The van der Waals surface area contributed by atoms with E-state index in [2.05, 4.69) is 0 Å². The third-order valence-corrected chi connectivity index (χ3v) is 3.13. The van der Waals surface area contributed by atoms with E-state index in [1.807, 2.05) is 0 Å². The molecule has 1 fully saturated rings. The van der Waals surface area contributed by atoms with Gasteiger partial charge in [0, 0.05) is 36.8 Å². The lowest BCUT2D eigenvalue weighted by Gasteiger charge is -2.30. The zero-order valence-electron chi connectivity index (χ0n) is 9.91. The number of nitro groups is 1. The fourth-order valence-electron chi connectivity index (χ4n) is 2.04. The van der Waals surface area contributed by atoms with Gasteiger partial charge in [-0.25, -0.2) is 0 Å². The van der Waals surface area contributed by atoms with Crippen molar-refractivity contribution in [1.82, 2.24) is 4.90 Å². The first kappa shape index (κ1) is 12.5. The minimum Gasteiger partial charge on any atom is -0.339 e. The monoisotopic (exact) mass is 249 g/mol. The van der Waals surface area contributed by atoms with Crippen LogP contribution in [0.3, 0.4) is 0 Å². The molecular weight excluding hydrogens is 234 g/mol. The Bertz CT molecular complexity index is 467. The van der Waals surface area contributed by atoms with Crippen molar-refractivity contribution in [2.24, 2.45) is 5.73 Å². The maximum absolute atomic E-state index is 12.1. The van der Waals surface area contributed by atoms with Crippen LogP contribution < -0.4 is 5.73 Å². The molecule has 1 aliphatic heterocycles. The molecule has 1 aliphatic rings. The number of benzene rings is 1. The van der Waals surface area contributed by atoms with E-state index in [0.717, 1.165) is 12.8 Å². The molecule has 0 unspecified atom stereocenters. The predicted molar refractivity (Wildman–Crippen MR) is 66.2 cm³/mol. The smallest absolute Gasteiger partial charge is 0.270 e. The summed E-state index contributed by atoms with van der Waals surface area (Å²) in [5, 5.41) is 10.7. The third-order valence-electron chi connectivity index (χ3n) is 3.13. The highest BCUT2D eigenvalue weighted by atomic mass is 16.6. The van der Waals surface area contributed by atoms with E-state index in [-0.39, 0.29) is 17.6 Å². The molecular formula is C12H15N3O3. The average molecular weight is 249 g/mol. The van der Waals surface area contributed by atoms with Gasteiger partial charge in [-0.05, 0) is 18.9 Å². The van der Waals surface area contributed by atoms with E-state index in [9.17, 15) is 14.9 Å². The van der Waals surface area contributed by atoms with E-state index in [0.29, 0.717) is 18.7 Å². The Morgan fingerprint density at radius 3 is 2.67 bits per heavy atom. The molecule has 0 atom stereocenters. The molecule has 2 rings (SSSR count). The molecule has 0 aromatic heterocycles. The number of nitrogens with two attached hydrogens (primary N) is 1. The highest BCUT2D eigenvalue weighted by Crippen LogP contribution is 2.17. The van der Waals surface area contributed by atoms with Crippen LogP contribution in [-0.2, 0) is 0 Å². The molecule has 0 spiro atoms. The molecule has 0 aliphatic carbocycles. The fraction of sp³-hybridized carbons (Fsp3) is 0.417. The first-order valence-corrected chi connectivity index (χ1v) is 5.87. The Labute approximate surface area is 105 Å². The normalized spacial score (nSPS) is 16.6. The lowest BCUT2D eigenvalue weighted by atomic mass is 10.0. The molecule has 96 valence electrons. The van der Waals surface area contributed by atoms with Crippen LogP contribution in [0.1, 0.15) is 23.2 Å². The Kier molecular flexibility index (Phi) is 3.57. The number of carbonyl (C=O) groups excluding carboxylic acids is 1. The van der Waals surface area contributed by atoms with Crippen LogP contribution in [0.25, 0.3) is 0 Å². The van der Waals surface area contributed by atoms with E-state index in [4.69, 9.17) is 5.73 Å². The SMILES string of the molecule is NC1CCN(C(=O)c2cccc([N+](=O)[O-])c2)CC1. The molecule has 1 saturated heterocycles. The van der Waals surface area contributed by atoms with Crippen molar-refractivity contribution in [2.45, 2.75) is 18.9 Å². The van der Waals surface area contributed by atoms with E-state index in [1.54, 1.807) is 11.0 Å². The summed E-state index contributed by atoms with van der Waals surface area (Å²) in [5.41, 5.74) is 6.07. The number of hydrogen-bond donors (Lipinski definition) is 1. The minimum absolute atomic E-state index is 0.0606. The predicted octanol–water partition coefficient (Wildman–Crippen LogP) is 1.16. The highest BCUT2D eigenvalue weighted by molar-refractivity contribution is 5.94. The molecule has 1 amide bonds. The van der Waals surface area contributed by atoms with Crippen molar-refractivity contribution in [1.29, 1.82) is 0 Å². The molecule has 18 heavy (non-hydrogen) atoms. The molecule has 1 aromatic rings. The van der Waals surface area contributed by atoms with Gasteiger partial charge in [0.1, 0.15) is 0 Å². The van der Waals surface area contributed by atoms with Gasteiger partial charge in [-0.2, -0.15) is 0 Å². The number of nitro benzene ring substituents is 1. The number of non-ortho nitro benzene ring substituents is 1. The molecule has 6 heteroatoms. The minimum atomic E-state index is -0.497. The largest absolute Gasteiger partial charge is 0.339 e. The molecule has 0 bridgehead atoms. The first-order valence-electron chi connectivity index (χ1n) is 5.87. The van der Waals surface area contributed by atoms with Gasteiger partial charge in [-0.3, -0.25) is 14.9 Å². The second-order valence-electron chi connectivity index (χ2n) is 4.44. The quantitative estimate of drug-likeness (QED) is 0.629. The number of likely N-dealkylation sites (tertiary alicyclic amines) is 1. The van der Waals surface area contributed by atoms with Gasteiger partial charge in [0.2, 0.25) is 0 Å². The lowest BCUT2D eigenvalue weighted by Crippen LogP contribution is -2.42. The van der Waals surface area contributed by atoms with Crippen LogP contribution in [-0.4, -0.2) is 34.9 Å². The second-order valence-corrected chi connectivity index (χ2v) is 4.44. The fourth-order valence-corrected chi connectivity index (χ4v) is 2.04. The van der Waals surface area contributed by atoms with Gasteiger partial charge in [-0.1, -0.05) is 6.07 Å². The van der Waals surface area contributed by atoms with Crippen LogP contribution in [0, 0.1) is 10.1 Å². The molecule has 2 N–H and O–H groups in total. The van der Waals surface area contributed by atoms with Crippen molar-refractivity contribution in [3.63, 3.8) is 0 Å². The summed E-state index contributed by atoms with van der Waals surface area (Å²) in [5.74, 6) is -0.161. The number of hydrogen-bond acceptors (Lipinski definition) is 4. The van der Waals surface area contributed by atoms with Crippen LogP contribution in [0.5, 0.6) is 0 Å². The second kappa shape index (κ2) is 5.14. The van der Waals surface area contributed by atoms with Gasteiger partial charge in [-0.15, -0.1) is 0 Å². The van der Waals surface area contributed by atoms with E-state index < -0.39 is 4.92 Å². The Balaban J connectivity index is 2.13. The van der Waals surface area contributed by atoms with Gasteiger partial charge >= 0.3 is 0 Å².